The summed E-state index contributed by atoms with van der Waals surface area (Å²) in [7, 11) is 0. The molecule has 0 aromatic carbocycles. The summed E-state index contributed by atoms with van der Waals surface area (Å²) in [6.07, 6.45) is -4.51. The van der Waals surface area contributed by atoms with E-state index in [2.05, 4.69) is 4.98 Å². The number of carboxylic acid groups (broad SMARTS) is 1. The molecule has 1 aromatic rings. The van der Waals surface area contributed by atoms with E-state index in [1.807, 2.05) is 0 Å². The third kappa shape index (κ3) is 4.11. The van der Waals surface area contributed by atoms with Crippen LogP contribution >= 0.6 is 0 Å². The van der Waals surface area contributed by atoms with Gasteiger partial charge in [-0.2, -0.15) is 13.2 Å². The zero-order valence-corrected chi connectivity index (χ0v) is 10.6. The van der Waals surface area contributed by atoms with Crippen LogP contribution < -0.4 is 4.90 Å². The van der Waals surface area contributed by atoms with E-state index in [1.54, 1.807) is 6.92 Å². The first-order valence-electron chi connectivity index (χ1n) is 5.77. The van der Waals surface area contributed by atoms with Crippen LogP contribution in [0, 0.1) is 5.92 Å². The molecular formula is C12H15F3N2O2. The lowest BCUT2D eigenvalue weighted by Crippen LogP contribution is -2.32. The van der Waals surface area contributed by atoms with Gasteiger partial charge in [0.15, 0.2) is 0 Å². The molecule has 0 radical (unpaired) electrons. The van der Waals surface area contributed by atoms with Crippen molar-refractivity contribution in [2.75, 3.05) is 18.0 Å². The number of nitrogens with zero attached hydrogens (tertiary/aromatic N) is 2. The van der Waals surface area contributed by atoms with Crippen molar-refractivity contribution in [2.45, 2.75) is 20.0 Å². The Hall–Kier alpha value is -1.79. The molecule has 1 N–H and O–H groups in total. The average Bonchev–Trinajstić information content (AvgIpc) is 2.34. The monoisotopic (exact) mass is 276 g/mol. The molecule has 1 rings (SSSR count). The number of pyridine rings is 1. The maximum absolute atomic E-state index is 12.6. The highest BCUT2D eigenvalue weighted by atomic mass is 19.4. The predicted molar refractivity (Wildman–Crippen MR) is 63.9 cm³/mol. The molecule has 1 atom stereocenters. The molecule has 0 spiro atoms. The van der Waals surface area contributed by atoms with E-state index in [4.69, 9.17) is 5.11 Å². The standard InChI is InChI=1S/C12H15F3N2O2/c1-3-17(7-8(2)11(18)19)10-6-4-5-9(16-10)12(13,14)15/h4-6,8H,3,7H2,1-2H3,(H,18,19). The normalized spacial score (nSPS) is 13.1. The highest BCUT2D eigenvalue weighted by molar-refractivity contribution is 5.70. The van der Waals surface area contributed by atoms with Gasteiger partial charge in [0.05, 0.1) is 5.92 Å². The molecule has 4 nitrogen and oxygen atoms in total. The molecule has 0 aliphatic carbocycles. The minimum atomic E-state index is -4.51. The largest absolute Gasteiger partial charge is 0.481 e. The van der Waals surface area contributed by atoms with Crippen molar-refractivity contribution in [3.8, 4) is 0 Å². The lowest BCUT2D eigenvalue weighted by molar-refractivity contribution is -0.142. The molecule has 19 heavy (non-hydrogen) atoms. The van der Waals surface area contributed by atoms with E-state index < -0.39 is 23.8 Å². The lowest BCUT2D eigenvalue weighted by Gasteiger charge is -2.24. The van der Waals surface area contributed by atoms with Crippen LogP contribution in [0.25, 0.3) is 0 Å². The second-order valence-electron chi connectivity index (χ2n) is 4.16. The molecular weight excluding hydrogens is 261 g/mol. The van der Waals surface area contributed by atoms with Gasteiger partial charge in [0.1, 0.15) is 11.5 Å². The van der Waals surface area contributed by atoms with Gasteiger partial charge in [-0.25, -0.2) is 4.98 Å². The van der Waals surface area contributed by atoms with Crippen LogP contribution in [0.2, 0.25) is 0 Å². The number of halogens is 3. The van der Waals surface area contributed by atoms with Gasteiger partial charge >= 0.3 is 12.1 Å². The number of anilines is 1. The first kappa shape index (κ1) is 15.3. The Morgan fingerprint density at radius 3 is 2.58 bits per heavy atom. The highest BCUT2D eigenvalue weighted by Gasteiger charge is 2.32. The predicted octanol–water partition coefficient (Wildman–Crippen LogP) is 2.65. The van der Waals surface area contributed by atoms with Gasteiger partial charge in [0.25, 0.3) is 0 Å². The molecule has 0 aliphatic rings. The van der Waals surface area contributed by atoms with Gasteiger partial charge in [-0.05, 0) is 19.1 Å². The zero-order chi connectivity index (χ0) is 14.6. The Kier molecular flexibility index (Phi) is 4.74. The molecule has 1 heterocycles. The topological polar surface area (TPSA) is 53.4 Å². The molecule has 1 aromatic heterocycles. The molecule has 0 bridgehead atoms. The first-order chi connectivity index (χ1) is 8.75. The number of hydrogen-bond donors (Lipinski definition) is 1. The lowest BCUT2D eigenvalue weighted by atomic mass is 10.1. The van der Waals surface area contributed by atoms with Crippen molar-refractivity contribution in [1.82, 2.24) is 4.98 Å². The highest BCUT2D eigenvalue weighted by Crippen LogP contribution is 2.28. The van der Waals surface area contributed by atoms with E-state index in [9.17, 15) is 18.0 Å². The van der Waals surface area contributed by atoms with E-state index in [0.29, 0.717) is 6.54 Å². The Morgan fingerprint density at radius 2 is 2.11 bits per heavy atom. The molecule has 106 valence electrons. The summed E-state index contributed by atoms with van der Waals surface area (Å²) >= 11 is 0. The minimum Gasteiger partial charge on any atom is -0.481 e. The van der Waals surface area contributed by atoms with E-state index in [-0.39, 0.29) is 12.4 Å². The zero-order valence-electron chi connectivity index (χ0n) is 10.6. The maximum atomic E-state index is 12.6. The Labute approximate surface area is 108 Å². The Balaban J connectivity index is 2.96. The summed E-state index contributed by atoms with van der Waals surface area (Å²) < 4.78 is 37.7. The van der Waals surface area contributed by atoms with E-state index in [1.165, 1.54) is 24.0 Å². The second-order valence-corrected chi connectivity index (χ2v) is 4.16. The van der Waals surface area contributed by atoms with Crippen molar-refractivity contribution >= 4 is 11.8 Å². The summed E-state index contributed by atoms with van der Waals surface area (Å²) in [5.41, 5.74) is -0.980. The Bertz CT molecular complexity index is 449. The minimum absolute atomic E-state index is 0.111. The fourth-order valence-corrected chi connectivity index (χ4v) is 1.55. The quantitative estimate of drug-likeness (QED) is 0.898. The van der Waals surface area contributed by atoms with Crippen molar-refractivity contribution in [2.24, 2.45) is 5.92 Å². The van der Waals surface area contributed by atoms with Crippen LogP contribution in [0.5, 0.6) is 0 Å². The van der Waals surface area contributed by atoms with Crippen LogP contribution in [-0.4, -0.2) is 29.1 Å². The van der Waals surface area contributed by atoms with Gasteiger partial charge in [-0.1, -0.05) is 13.0 Å². The summed E-state index contributed by atoms with van der Waals surface area (Å²) in [6, 6.07) is 3.59. The van der Waals surface area contributed by atoms with Crippen molar-refractivity contribution in [3.63, 3.8) is 0 Å². The SMILES string of the molecule is CCN(CC(C)C(=O)O)c1cccc(C(F)(F)F)n1. The summed E-state index contributed by atoms with van der Waals surface area (Å²) in [4.78, 5) is 15.8. The van der Waals surface area contributed by atoms with Gasteiger partial charge in [0, 0.05) is 13.1 Å². The number of carbonyl (C=O) groups is 1. The number of carboxylic acids is 1. The van der Waals surface area contributed by atoms with Crippen LogP contribution in [0.15, 0.2) is 18.2 Å². The number of rotatable bonds is 5. The molecule has 1 unspecified atom stereocenters. The van der Waals surface area contributed by atoms with Crippen LogP contribution in [0.4, 0.5) is 19.0 Å². The van der Waals surface area contributed by atoms with Crippen LogP contribution in [-0.2, 0) is 11.0 Å². The third-order valence-corrected chi connectivity index (χ3v) is 2.65. The molecule has 0 fully saturated rings. The molecule has 0 aliphatic heterocycles. The van der Waals surface area contributed by atoms with Gasteiger partial charge in [-0.3, -0.25) is 4.79 Å². The van der Waals surface area contributed by atoms with Crippen molar-refractivity contribution in [3.05, 3.63) is 23.9 Å². The smallest absolute Gasteiger partial charge is 0.433 e. The van der Waals surface area contributed by atoms with E-state index in [0.717, 1.165) is 6.07 Å². The van der Waals surface area contributed by atoms with Gasteiger partial charge in [0.2, 0.25) is 0 Å². The average molecular weight is 276 g/mol. The van der Waals surface area contributed by atoms with E-state index >= 15 is 0 Å². The molecule has 0 saturated carbocycles. The first-order valence-corrected chi connectivity index (χ1v) is 5.77. The molecule has 0 amide bonds. The molecule has 7 heteroatoms. The summed E-state index contributed by atoms with van der Waals surface area (Å²) in [5, 5.41) is 8.83. The summed E-state index contributed by atoms with van der Waals surface area (Å²) in [5.74, 6) is -1.55. The second kappa shape index (κ2) is 5.90. The Morgan fingerprint density at radius 1 is 1.47 bits per heavy atom. The van der Waals surface area contributed by atoms with Gasteiger partial charge in [-0.15, -0.1) is 0 Å². The van der Waals surface area contributed by atoms with Crippen molar-refractivity contribution in [1.29, 1.82) is 0 Å². The van der Waals surface area contributed by atoms with Crippen LogP contribution in [0.3, 0.4) is 0 Å². The molecule has 0 saturated heterocycles. The van der Waals surface area contributed by atoms with Crippen LogP contribution in [0.1, 0.15) is 19.5 Å². The van der Waals surface area contributed by atoms with Crippen molar-refractivity contribution < 1.29 is 23.1 Å². The third-order valence-electron chi connectivity index (χ3n) is 2.65. The summed E-state index contributed by atoms with van der Waals surface area (Å²) in [6.45, 7) is 3.72. The van der Waals surface area contributed by atoms with Gasteiger partial charge < -0.3 is 10.0 Å². The number of hydrogen-bond acceptors (Lipinski definition) is 3. The maximum Gasteiger partial charge on any atom is 0.433 e. The fourth-order valence-electron chi connectivity index (χ4n) is 1.55. The number of aromatic nitrogens is 1. The number of aliphatic carboxylic acids is 1. The number of alkyl halides is 3. The fraction of sp³-hybridized carbons (Fsp3) is 0.500.